The molecular weight excluding hydrogens is 697 g/mol. The fourth-order valence-corrected chi connectivity index (χ4v) is 8.06. The van der Waals surface area contributed by atoms with Crippen molar-refractivity contribution in [2.45, 2.75) is 96.5 Å². The van der Waals surface area contributed by atoms with Crippen LogP contribution in [0.4, 0.5) is 0 Å². The first kappa shape index (κ1) is 40.3. The van der Waals surface area contributed by atoms with Crippen molar-refractivity contribution in [3.8, 4) is 0 Å². The summed E-state index contributed by atoms with van der Waals surface area (Å²) in [7, 11) is 4.94. The van der Waals surface area contributed by atoms with Crippen molar-refractivity contribution in [1.82, 2.24) is 30.4 Å². The minimum absolute atomic E-state index is 0.0332. The molecule has 16 heteroatoms. The molecule has 51 heavy (non-hydrogen) atoms. The number of carbonyl (C=O) groups is 5. The number of hydrogen-bond donors (Lipinski definition) is 2. The minimum atomic E-state index is -0.827. The Bertz CT molecular complexity index is 1480. The maximum absolute atomic E-state index is 14.2. The van der Waals surface area contributed by atoms with E-state index in [-0.39, 0.29) is 54.4 Å². The van der Waals surface area contributed by atoms with E-state index in [9.17, 15) is 24.0 Å². The highest BCUT2D eigenvalue weighted by Crippen LogP contribution is 2.34. The first-order chi connectivity index (χ1) is 24.3. The molecule has 0 spiro atoms. The molecule has 1 aliphatic heterocycles. The van der Waals surface area contributed by atoms with Gasteiger partial charge in [-0.25, -0.2) is 9.97 Å². The van der Waals surface area contributed by atoms with Gasteiger partial charge in [0.05, 0.1) is 31.2 Å². The van der Waals surface area contributed by atoms with Crippen LogP contribution in [0.1, 0.15) is 86.4 Å². The topological polar surface area (TPSA) is 169 Å². The lowest BCUT2D eigenvalue weighted by Crippen LogP contribution is -2.60. The Morgan fingerprint density at radius 2 is 1.86 bits per heavy atom. The number of ether oxygens (including phenoxy) is 3. The molecule has 282 valence electrons. The van der Waals surface area contributed by atoms with Gasteiger partial charge in [0.1, 0.15) is 22.8 Å². The molecule has 14 nitrogen and oxygen atoms in total. The summed E-state index contributed by atoms with van der Waals surface area (Å²) < 4.78 is 16.2. The molecule has 0 aromatic carbocycles. The van der Waals surface area contributed by atoms with E-state index >= 15 is 0 Å². The number of thiazole rings is 2. The molecule has 0 bridgehead atoms. The summed E-state index contributed by atoms with van der Waals surface area (Å²) in [5.74, 6) is -2.20. The molecule has 0 radical (unpaired) electrons. The molecule has 2 N–H and O–H groups in total. The highest BCUT2D eigenvalue weighted by atomic mass is 32.1. The van der Waals surface area contributed by atoms with Gasteiger partial charge in [-0.2, -0.15) is 0 Å². The molecule has 2 aromatic heterocycles. The fraction of sp³-hybridized carbons (Fsp3) is 0.686. The third kappa shape index (κ3) is 11.0. The van der Waals surface area contributed by atoms with Crippen LogP contribution in [0.15, 0.2) is 17.0 Å². The van der Waals surface area contributed by atoms with Gasteiger partial charge in [-0.05, 0) is 38.1 Å². The van der Waals surface area contributed by atoms with Crippen molar-refractivity contribution >= 4 is 52.3 Å². The van der Waals surface area contributed by atoms with Crippen LogP contribution in [0, 0.1) is 17.8 Å². The van der Waals surface area contributed by atoms with Crippen LogP contribution in [0.5, 0.6) is 0 Å². The number of likely N-dealkylation sites (N-methyl/N-ethyl adjacent to an activating group) is 2. The summed E-state index contributed by atoms with van der Waals surface area (Å²) in [5, 5.41) is 10.8. The van der Waals surface area contributed by atoms with Gasteiger partial charge in [-0.1, -0.05) is 27.2 Å². The van der Waals surface area contributed by atoms with Crippen LogP contribution < -0.4 is 10.6 Å². The van der Waals surface area contributed by atoms with Gasteiger partial charge in [0.15, 0.2) is 6.10 Å². The lowest BCUT2D eigenvalue weighted by atomic mass is 9.78. The summed E-state index contributed by atoms with van der Waals surface area (Å²) in [6.45, 7) is 8.50. The quantitative estimate of drug-likeness (QED) is 0.228. The van der Waals surface area contributed by atoms with Crippen molar-refractivity contribution in [1.29, 1.82) is 0 Å². The molecule has 3 heterocycles. The minimum Gasteiger partial charge on any atom is -0.469 e. The summed E-state index contributed by atoms with van der Waals surface area (Å²) in [4.78, 5) is 78.0. The Morgan fingerprint density at radius 1 is 1.12 bits per heavy atom. The number of nitrogens with zero attached hydrogens (tertiary/aromatic N) is 4. The molecule has 2 aliphatic rings. The first-order valence-corrected chi connectivity index (χ1v) is 19.3. The third-order valence-corrected chi connectivity index (χ3v) is 11.5. The molecule has 1 aliphatic carbocycles. The number of hydrogen-bond acceptors (Lipinski definition) is 13. The zero-order chi connectivity index (χ0) is 37.2. The molecule has 1 saturated heterocycles. The number of rotatable bonds is 17. The zero-order valence-corrected chi connectivity index (χ0v) is 32.2. The Hall–Kier alpha value is -3.47. The van der Waals surface area contributed by atoms with E-state index < -0.39 is 42.0 Å². The van der Waals surface area contributed by atoms with Crippen LogP contribution in [-0.4, -0.2) is 115 Å². The highest BCUT2D eigenvalue weighted by molar-refractivity contribution is 7.10. The average Bonchev–Trinajstić information content (AvgIpc) is 3.77. The van der Waals surface area contributed by atoms with Crippen molar-refractivity contribution in [2.24, 2.45) is 17.8 Å². The van der Waals surface area contributed by atoms with E-state index in [0.717, 1.165) is 24.3 Å². The second-order valence-electron chi connectivity index (χ2n) is 13.9. The monoisotopic (exact) mass is 748 g/mol. The number of morpholine rings is 1. The molecule has 2 aromatic rings. The second-order valence-corrected chi connectivity index (χ2v) is 15.7. The van der Waals surface area contributed by atoms with Crippen LogP contribution in [-0.2, 0) is 39.8 Å². The second kappa shape index (κ2) is 18.9. The van der Waals surface area contributed by atoms with Crippen molar-refractivity contribution < 1.29 is 38.2 Å². The third-order valence-electron chi connectivity index (χ3n) is 9.77. The predicted octanol–water partition coefficient (Wildman–Crippen LogP) is 3.23. The number of aromatic nitrogens is 2. The van der Waals surface area contributed by atoms with E-state index in [1.54, 1.807) is 30.4 Å². The van der Waals surface area contributed by atoms with Crippen LogP contribution in [0.2, 0.25) is 0 Å². The van der Waals surface area contributed by atoms with Gasteiger partial charge in [0, 0.05) is 62.4 Å². The van der Waals surface area contributed by atoms with Gasteiger partial charge in [-0.15, -0.1) is 22.7 Å². The number of esters is 2. The van der Waals surface area contributed by atoms with Gasteiger partial charge in [-0.3, -0.25) is 28.9 Å². The average molecular weight is 749 g/mol. The van der Waals surface area contributed by atoms with Crippen molar-refractivity contribution in [3.63, 3.8) is 0 Å². The number of carbonyl (C=O) groups excluding carboxylic acids is 5. The predicted molar refractivity (Wildman–Crippen MR) is 192 cm³/mol. The van der Waals surface area contributed by atoms with Crippen LogP contribution in [0.3, 0.4) is 0 Å². The molecule has 2 fully saturated rings. The Kier molecular flexibility index (Phi) is 14.9. The molecule has 0 unspecified atom stereocenters. The highest BCUT2D eigenvalue weighted by Gasteiger charge is 2.40. The summed E-state index contributed by atoms with van der Waals surface area (Å²) >= 11 is 2.66. The number of amides is 3. The maximum Gasteiger partial charge on any atom is 0.308 e. The zero-order valence-electron chi connectivity index (χ0n) is 30.6. The van der Waals surface area contributed by atoms with Crippen molar-refractivity contribution in [3.05, 3.63) is 32.7 Å². The van der Waals surface area contributed by atoms with E-state index in [1.807, 2.05) is 31.2 Å². The van der Waals surface area contributed by atoms with E-state index in [4.69, 9.17) is 14.2 Å². The normalized spacial score (nSPS) is 19.6. The maximum atomic E-state index is 14.2. The molecule has 6 atom stereocenters. The molecule has 3 amide bonds. The smallest absolute Gasteiger partial charge is 0.308 e. The van der Waals surface area contributed by atoms with Gasteiger partial charge < -0.3 is 29.7 Å². The standard InChI is InChI=1S/C35H52N6O8S2/c1-20(2)26(41(6)34(45)30(23-9-8-10-23)39-32(44)27-18-48-13-12-40(27)5)17-28(49-22(4)42)33-38-25(19-51-33)31(43)37-24(15-21(3)35(46)47-7)16-29-36-11-14-50-29/h11,14,19-21,23-24,26-28,30H,8-10,12-13,15-18H2,1-7H3,(H,37,43)(H,39,44)/t21-,24+,26+,27+,28+,30-/m0/s1. The largest absolute Gasteiger partial charge is 0.469 e. The Labute approximate surface area is 308 Å². The van der Waals surface area contributed by atoms with E-state index in [1.165, 1.54) is 36.7 Å². The Balaban J connectivity index is 1.49. The fourth-order valence-electron chi connectivity index (χ4n) is 6.53. The first-order valence-electron chi connectivity index (χ1n) is 17.5. The van der Waals surface area contributed by atoms with E-state index in [2.05, 4.69) is 20.6 Å². The molecule has 1 saturated carbocycles. The summed E-state index contributed by atoms with van der Waals surface area (Å²) in [6, 6.07) is -1.95. The number of nitrogens with one attached hydrogen (secondary N) is 2. The molecular formula is C35H52N6O8S2. The van der Waals surface area contributed by atoms with Crippen molar-refractivity contribution in [2.75, 3.05) is 41.0 Å². The SMILES string of the molecule is COC(=O)[C@@H](C)C[C@H](Cc1nccs1)NC(=O)c1csc([C@@H](C[C@H](C(C)C)N(C)C(=O)[C@@H](NC(=O)[C@H]2COCCN2C)C2CCC2)OC(C)=O)n1. The van der Waals surface area contributed by atoms with Gasteiger partial charge in [0.2, 0.25) is 11.8 Å². The summed E-state index contributed by atoms with van der Waals surface area (Å²) in [6.07, 6.45) is 4.57. The van der Waals surface area contributed by atoms with Crippen LogP contribution >= 0.6 is 22.7 Å². The van der Waals surface area contributed by atoms with Gasteiger partial charge in [0.25, 0.3) is 5.91 Å². The van der Waals surface area contributed by atoms with E-state index in [0.29, 0.717) is 31.0 Å². The summed E-state index contributed by atoms with van der Waals surface area (Å²) in [5.41, 5.74) is 0.150. The van der Waals surface area contributed by atoms with Crippen LogP contribution in [0.25, 0.3) is 0 Å². The lowest BCUT2D eigenvalue weighted by molar-refractivity contribution is -0.149. The Morgan fingerprint density at radius 3 is 2.45 bits per heavy atom. The number of methoxy groups -OCH3 is 1. The lowest BCUT2D eigenvalue weighted by Gasteiger charge is -2.41. The van der Waals surface area contributed by atoms with Gasteiger partial charge >= 0.3 is 11.9 Å². The molecule has 4 rings (SSSR count).